The average Bonchev–Trinajstić information content (AvgIpc) is 2.92. The largest absolute Gasteiger partial charge is 0.289 e. The van der Waals surface area contributed by atoms with Gasteiger partial charge in [-0.3, -0.25) is 9.36 Å². The lowest BCUT2D eigenvalue weighted by Crippen LogP contribution is -2.24. The molecule has 0 amide bonds. The minimum absolute atomic E-state index is 0.0126. The fourth-order valence-electron chi connectivity index (χ4n) is 2.86. The third-order valence-electron chi connectivity index (χ3n) is 3.82. The van der Waals surface area contributed by atoms with E-state index in [4.69, 9.17) is 6.42 Å². The number of aromatic nitrogens is 3. The number of hydrogen-bond acceptors (Lipinski definition) is 3. The van der Waals surface area contributed by atoms with Crippen molar-refractivity contribution in [2.24, 2.45) is 0 Å². The summed E-state index contributed by atoms with van der Waals surface area (Å²) in [5, 5.41) is 0.908. The van der Waals surface area contributed by atoms with Crippen molar-refractivity contribution in [3.8, 4) is 12.3 Å². The van der Waals surface area contributed by atoms with E-state index in [2.05, 4.69) is 15.9 Å². The van der Waals surface area contributed by atoms with E-state index in [1.807, 2.05) is 6.92 Å². The lowest BCUT2D eigenvalue weighted by atomic mass is 10.1. The van der Waals surface area contributed by atoms with E-state index in [1.165, 1.54) is 12.8 Å². The van der Waals surface area contributed by atoms with Gasteiger partial charge in [0, 0.05) is 23.7 Å². The number of hydrogen-bond donors (Lipinski definition) is 0. The first-order valence-corrected chi connectivity index (χ1v) is 6.56. The van der Waals surface area contributed by atoms with Gasteiger partial charge in [-0.15, -0.1) is 6.42 Å². The summed E-state index contributed by atoms with van der Waals surface area (Å²) in [7, 11) is 0. The summed E-state index contributed by atoms with van der Waals surface area (Å²) in [6.45, 7) is 1.90. The van der Waals surface area contributed by atoms with Gasteiger partial charge in [0.1, 0.15) is 5.65 Å². The van der Waals surface area contributed by atoms with Crippen LogP contribution in [0.2, 0.25) is 0 Å². The van der Waals surface area contributed by atoms with Gasteiger partial charge >= 0.3 is 0 Å². The summed E-state index contributed by atoms with van der Waals surface area (Å²) < 4.78 is 1.80. The van der Waals surface area contributed by atoms with Crippen molar-refractivity contribution < 1.29 is 0 Å². The van der Waals surface area contributed by atoms with Crippen LogP contribution in [0.15, 0.2) is 17.1 Å². The first kappa shape index (κ1) is 11.9. The molecule has 1 aliphatic carbocycles. The molecule has 0 radical (unpaired) electrons. The molecule has 0 bridgehead atoms. The standard InChI is InChI=1S/C15H15N3O/c1-3-13-16-9-12-10(2)8-14(19)18(15(12)17-13)11-6-4-5-7-11/h1,8-9,11H,4-7H2,2H3. The molecule has 0 unspecified atom stereocenters. The zero-order valence-electron chi connectivity index (χ0n) is 10.9. The second-order valence-electron chi connectivity index (χ2n) is 5.05. The maximum atomic E-state index is 12.3. The highest BCUT2D eigenvalue weighted by Crippen LogP contribution is 2.30. The fourth-order valence-corrected chi connectivity index (χ4v) is 2.86. The first-order chi connectivity index (χ1) is 9.20. The van der Waals surface area contributed by atoms with Crippen LogP contribution in [0.4, 0.5) is 0 Å². The van der Waals surface area contributed by atoms with Gasteiger partial charge in [-0.2, -0.15) is 0 Å². The highest BCUT2D eigenvalue weighted by atomic mass is 16.1. The summed E-state index contributed by atoms with van der Waals surface area (Å²) in [6.07, 6.45) is 11.5. The van der Waals surface area contributed by atoms with Gasteiger partial charge in [-0.25, -0.2) is 9.97 Å². The third kappa shape index (κ3) is 1.91. The molecule has 96 valence electrons. The van der Waals surface area contributed by atoms with Crippen molar-refractivity contribution in [3.05, 3.63) is 34.0 Å². The lowest BCUT2D eigenvalue weighted by Gasteiger charge is -2.16. The van der Waals surface area contributed by atoms with Crippen LogP contribution in [-0.4, -0.2) is 14.5 Å². The van der Waals surface area contributed by atoms with E-state index in [-0.39, 0.29) is 11.6 Å². The van der Waals surface area contributed by atoms with Crippen LogP contribution in [-0.2, 0) is 0 Å². The Morgan fingerprint density at radius 1 is 1.42 bits per heavy atom. The minimum atomic E-state index is 0.0126. The predicted molar refractivity (Wildman–Crippen MR) is 74.0 cm³/mol. The topological polar surface area (TPSA) is 47.8 Å². The molecule has 19 heavy (non-hydrogen) atoms. The van der Waals surface area contributed by atoms with E-state index < -0.39 is 0 Å². The van der Waals surface area contributed by atoms with Crippen molar-refractivity contribution in [2.75, 3.05) is 0 Å². The fraction of sp³-hybridized carbons (Fsp3) is 0.400. The maximum Gasteiger partial charge on any atom is 0.252 e. The molecule has 4 heteroatoms. The smallest absolute Gasteiger partial charge is 0.252 e. The Kier molecular flexibility index (Phi) is 2.83. The quantitative estimate of drug-likeness (QED) is 0.732. The molecule has 0 N–H and O–H groups in total. The minimum Gasteiger partial charge on any atom is -0.289 e. The van der Waals surface area contributed by atoms with Gasteiger partial charge in [0.15, 0.2) is 0 Å². The Morgan fingerprint density at radius 3 is 2.84 bits per heavy atom. The van der Waals surface area contributed by atoms with Gasteiger partial charge in [-0.1, -0.05) is 12.8 Å². The molecule has 1 fully saturated rings. The maximum absolute atomic E-state index is 12.3. The molecule has 0 aromatic carbocycles. The Bertz CT molecular complexity index is 733. The molecule has 2 heterocycles. The van der Waals surface area contributed by atoms with Crippen molar-refractivity contribution in [1.82, 2.24) is 14.5 Å². The van der Waals surface area contributed by atoms with E-state index in [0.29, 0.717) is 11.5 Å². The zero-order chi connectivity index (χ0) is 13.4. The Hall–Kier alpha value is -2.15. The van der Waals surface area contributed by atoms with Crippen molar-refractivity contribution in [3.63, 3.8) is 0 Å². The zero-order valence-corrected chi connectivity index (χ0v) is 10.9. The molecular formula is C15H15N3O. The molecule has 1 aliphatic rings. The van der Waals surface area contributed by atoms with Crippen LogP contribution < -0.4 is 5.56 Å². The Labute approximate surface area is 111 Å². The summed E-state index contributed by atoms with van der Waals surface area (Å²) in [5.74, 6) is 2.78. The summed E-state index contributed by atoms with van der Waals surface area (Å²) in [6, 6.07) is 1.91. The molecule has 0 spiro atoms. The number of rotatable bonds is 1. The van der Waals surface area contributed by atoms with E-state index in [0.717, 1.165) is 23.8 Å². The lowest BCUT2D eigenvalue weighted by molar-refractivity contribution is 0.515. The highest BCUT2D eigenvalue weighted by molar-refractivity contribution is 5.78. The van der Waals surface area contributed by atoms with Gasteiger partial charge < -0.3 is 0 Å². The van der Waals surface area contributed by atoms with E-state index in [9.17, 15) is 4.79 Å². The van der Waals surface area contributed by atoms with Crippen molar-refractivity contribution in [1.29, 1.82) is 0 Å². The average molecular weight is 253 g/mol. The molecule has 0 aliphatic heterocycles. The monoisotopic (exact) mass is 253 g/mol. The third-order valence-corrected chi connectivity index (χ3v) is 3.82. The van der Waals surface area contributed by atoms with Crippen LogP contribution in [0.3, 0.4) is 0 Å². The van der Waals surface area contributed by atoms with Gasteiger partial charge in [-0.05, 0) is 31.2 Å². The van der Waals surface area contributed by atoms with Crippen LogP contribution >= 0.6 is 0 Å². The van der Waals surface area contributed by atoms with Gasteiger partial charge in [0.2, 0.25) is 5.82 Å². The number of pyridine rings is 1. The molecule has 0 atom stereocenters. The van der Waals surface area contributed by atoms with Crippen LogP contribution in [0.1, 0.15) is 43.1 Å². The SMILES string of the molecule is C#Cc1ncc2c(C)cc(=O)n(C3CCCC3)c2n1. The van der Waals surface area contributed by atoms with E-state index >= 15 is 0 Å². The van der Waals surface area contributed by atoms with Gasteiger partial charge in [0.25, 0.3) is 5.56 Å². The summed E-state index contributed by atoms with van der Waals surface area (Å²) in [4.78, 5) is 20.8. The molecular weight excluding hydrogens is 238 g/mol. The van der Waals surface area contributed by atoms with Crippen LogP contribution in [0.5, 0.6) is 0 Å². The van der Waals surface area contributed by atoms with Gasteiger partial charge in [0.05, 0.1) is 0 Å². The first-order valence-electron chi connectivity index (χ1n) is 6.56. The highest BCUT2D eigenvalue weighted by Gasteiger charge is 2.21. The second-order valence-corrected chi connectivity index (χ2v) is 5.05. The Balaban J connectivity index is 2.35. The molecule has 3 rings (SSSR count). The second kappa shape index (κ2) is 4.51. The van der Waals surface area contributed by atoms with E-state index in [1.54, 1.807) is 16.8 Å². The summed E-state index contributed by atoms with van der Waals surface area (Å²) >= 11 is 0. The molecule has 1 saturated carbocycles. The molecule has 0 saturated heterocycles. The normalized spacial score (nSPS) is 15.8. The summed E-state index contributed by atoms with van der Waals surface area (Å²) in [5.41, 5.74) is 1.59. The number of fused-ring (bicyclic) bond motifs is 1. The molecule has 4 nitrogen and oxygen atoms in total. The number of terminal acetylenes is 1. The Morgan fingerprint density at radius 2 is 2.16 bits per heavy atom. The predicted octanol–water partition coefficient (Wildman–Crippen LogP) is 2.20. The van der Waals surface area contributed by atoms with Crippen molar-refractivity contribution in [2.45, 2.75) is 38.6 Å². The number of nitrogens with zero attached hydrogens (tertiary/aromatic N) is 3. The van der Waals surface area contributed by atoms with Crippen LogP contribution in [0.25, 0.3) is 11.0 Å². The molecule has 2 aromatic heterocycles. The van der Waals surface area contributed by atoms with Crippen molar-refractivity contribution >= 4 is 11.0 Å². The number of aryl methyl sites for hydroxylation is 1. The molecule has 2 aromatic rings. The van der Waals surface area contributed by atoms with Crippen LogP contribution in [0, 0.1) is 19.3 Å².